The molecule has 1 heterocycles. The molecule has 0 saturated carbocycles. The maximum absolute atomic E-state index is 11.0. The van der Waals surface area contributed by atoms with Gasteiger partial charge in [-0.1, -0.05) is 0 Å². The lowest BCUT2D eigenvalue weighted by Gasteiger charge is -2.10. The van der Waals surface area contributed by atoms with Crippen LogP contribution in [-0.2, 0) is 11.3 Å². The van der Waals surface area contributed by atoms with Crippen LogP contribution in [0.3, 0.4) is 0 Å². The van der Waals surface area contributed by atoms with E-state index in [1.807, 2.05) is 0 Å². The van der Waals surface area contributed by atoms with E-state index in [9.17, 15) is 20.2 Å². The van der Waals surface area contributed by atoms with Crippen LogP contribution in [0.25, 0.3) is 0 Å². The van der Waals surface area contributed by atoms with E-state index in [0.717, 1.165) is 31.9 Å². The molecule has 0 radical (unpaired) electrons. The highest BCUT2D eigenvalue weighted by Gasteiger charge is 2.19. The Labute approximate surface area is 121 Å². The van der Waals surface area contributed by atoms with Crippen LogP contribution in [0.15, 0.2) is 18.2 Å². The lowest BCUT2D eigenvalue weighted by molar-refractivity contribution is -0.394. The first-order valence-electron chi connectivity index (χ1n) is 6.82. The van der Waals surface area contributed by atoms with Crippen LogP contribution in [0.2, 0.25) is 0 Å². The van der Waals surface area contributed by atoms with Crippen LogP contribution in [0, 0.1) is 20.2 Å². The molecular formula is C13H17N3O5. The molecule has 1 N–H and O–H groups in total. The Morgan fingerprint density at radius 3 is 2.71 bits per heavy atom. The summed E-state index contributed by atoms with van der Waals surface area (Å²) in [7, 11) is 0. The number of hydrogen-bond donors (Lipinski definition) is 1. The second-order valence-corrected chi connectivity index (χ2v) is 4.93. The third kappa shape index (κ3) is 4.20. The monoisotopic (exact) mass is 295 g/mol. The Kier molecular flexibility index (Phi) is 5.18. The van der Waals surface area contributed by atoms with Crippen molar-refractivity contribution in [1.29, 1.82) is 0 Å². The van der Waals surface area contributed by atoms with Crippen LogP contribution >= 0.6 is 0 Å². The second kappa shape index (κ2) is 7.09. The van der Waals surface area contributed by atoms with Crippen molar-refractivity contribution in [3.63, 3.8) is 0 Å². The highest BCUT2D eigenvalue weighted by molar-refractivity contribution is 5.49. The Morgan fingerprint density at radius 1 is 1.29 bits per heavy atom. The Morgan fingerprint density at radius 2 is 2.10 bits per heavy atom. The van der Waals surface area contributed by atoms with Gasteiger partial charge in [-0.25, -0.2) is 0 Å². The number of nitro benzene ring substituents is 2. The van der Waals surface area contributed by atoms with Crippen LogP contribution in [0.5, 0.6) is 0 Å². The van der Waals surface area contributed by atoms with Gasteiger partial charge in [-0.15, -0.1) is 0 Å². The van der Waals surface area contributed by atoms with Gasteiger partial charge in [-0.05, 0) is 31.9 Å². The van der Waals surface area contributed by atoms with E-state index in [4.69, 9.17) is 4.74 Å². The summed E-state index contributed by atoms with van der Waals surface area (Å²) in [6.07, 6.45) is 3.27. The lowest BCUT2D eigenvalue weighted by Crippen LogP contribution is -2.20. The normalized spacial score (nSPS) is 17.8. The zero-order chi connectivity index (χ0) is 15.2. The molecule has 1 saturated heterocycles. The molecule has 0 aromatic heterocycles. The van der Waals surface area contributed by atoms with Gasteiger partial charge in [-0.2, -0.15) is 0 Å². The molecule has 0 bridgehead atoms. The molecule has 8 nitrogen and oxygen atoms in total. The van der Waals surface area contributed by atoms with E-state index in [0.29, 0.717) is 18.7 Å². The van der Waals surface area contributed by atoms with Crippen molar-refractivity contribution in [2.24, 2.45) is 0 Å². The molecule has 114 valence electrons. The van der Waals surface area contributed by atoms with Crippen molar-refractivity contribution < 1.29 is 14.6 Å². The maximum Gasteiger partial charge on any atom is 0.280 e. The van der Waals surface area contributed by atoms with Crippen LogP contribution < -0.4 is 5.32 Å². The average molecular weight is 295 g/mol. The number of hydrogen-bond acceptors (Lipinski definition) is 6. The first-order chi connectivity index (χ1) is 10.1. The summed E-state index contributed by atoms with van der Waals surface area (Å²) in [4.78, 5) is 20.4. The van der Waals surface area contributed by atoms with Crippen molar-refractivity contribution >= 4 is 11.4 Å². The minimum Gasteiger partial charge on any atom is -0.378 e. The van der Waals surface area contributed by atoms with E-state index >= 15 is 0 Å². The van der Waals surface area contributed by atoms with Gasteiger partial charge in [0.1, 0.15) is 0 Å². The minimum absolute atomic E-state index is 0.228. The molecule has 0 aliphatic carbocycles. The zero-order valence-electron chi connectivity index (χ0n) is 11.5. The molecule has 1 unspecified atom stereocenters. The van der Waals surface area contributed by atoms with Gasteiger partial charge >= 0.3 is 0 Å². The number of nitrogens with zero attached hydrogens (tertiary/aromatic N) is 2. The number of nitrogens with one attached hydrogen (secondary N) is 1. The average Bonchev–Trinajstić information content (AvgIpc) is 2.96. The molecule has 1 fully saturated rings. The molecule has 8 heteroatoms. The molecule has 2 rings (SSSR count). The number of non-ortho nitro benzene ring substituents is 1. The molecule has 21 heavy (non-hydrogen) atoms. The lowest BCUT2D eigenvalue weighted by atomic mass is 10.1. The fourth-order valence-corrected chi connectivity index (χ4v) is 2.34. The predicted octanol–water partition coefficient (Wildman–Crippen LogP) is 2.16. The summed E-state index contributed by atoms with van der Waals surface area (Å²) in [5.74, 6) is 0. The van der Waals surface area contributed by atoms with E-state index < -0.39 is 9.85 Å². The highest BCUT2D eigenvalue weighted by Crippen LogP contribution is 2.24. The molecule has 1 aromatic carbocycles. The standard InChI is InChI=1S/C13H17N3O5/c17-15(18)11-4-3-10(13(8-11)16(19)20)9-14-6-5-12-2-1-7-21-12/h3-4,8,12,14H,1-2,5-7,9H2. The van der Waals surface area contributed by atoms with Crippen molar-refractivity contribution in [2.75, 3.05) is 13.2 Å². The molecular weight excluding hydrogens is 278 g/mol. The summed E-state index contributed by atoms with van der Waals surface area (Å²) in [6, 6.07) is 3.70. The summed E-state index contributed by atoms with van der Waals surface area (Å²) in [6.45, 7) is 1.80. The Hall–Kier alpha value is -2.06. The maximum atomic E-state index is 11.0. The number of nitro groups is 2. The van der Waals surface area contributed by atoms with Gasteiger partial charge in [0.15, 0.2) is 0 Å². The van der Waals surface area contributed by atoms with Crippen molar-refractivity contribution in [3.05, 3.63) is 44.0 Å². The molecule has 1 atom stereocenters. The van der Waals surface area contributed by atoms with Crippen LogP contribution in [-0.4, -0.2) is 29.1 Å². The summed E-state index contributed by atoms with van der Waals surface area (Å²) in [5.41, 5.74) is -0.0587. The summed E-state index contributed by atoms with van der Waals surface area (Å²) in [5, 5.41) is 24.7. The minimum atomic E-state index is -0.637. The SMILES string of the molecule is O=[N+]([O-])c1ccc(CNCCC2CCCO2)c([N+](=O)[O-])c1. The third-order valence-electron chi connectivity index (χ3n) is 3.46. The van der Waals surface area contributed by atoms with E-state index in [-0.39, 0.29) is 17.5 Å². The molecule has 1 aromatic rings. The fourth-order valence-electron chi connectivity index (χ4n) is 2.34. The Balaban J connectivity index is 1.92. The van der Waals surface area contributed by atoms with Gasteiger partial charge in [-0.3, -0.25) is 20.2 Å². The van der Waals surface area contributed by atoms with Crippen molar-refractivity contribution in [3.8, 4) is 0 Å². The van der Waals surface area contributed by atoms with Crippen LogP contribution in [0.1, 0.15) is 24.8 Å². The molecule has 1 aliphatic heterocycles. The van der Waals surface area contributed by atoms with Gasteiger partial charge in [0.25, 0.3) is 11.4 Å². The van der Waals surface area contributed by atoms with E-state index in [1.54, 1.807) is 0 Å². The van der Waals surface area contributed by atoms with E-state index in [1.165, 1.54) is 12.1 Å². The van der Waals surface area contributed by atoms with Gasteiger partial charge in [0, 0.05) is 24.8 Å². The van der Waals surface area contributed by atoms with E-state index in [2.05, 4.69) is 5.32 Å². The van der Waals surface area contributed by atoms with Crippen LogP contribution in [0.4, 0.5) is 11.4 Å². The first-order valence-corrected chi connectivity index (χ1v) is 6.82. The first kappa shape index (κ1) is 15.3. The van der Waals surface area contributed by atoms with Gasteiger partial charge in [0.2, 0.25) is 0 Å². The largest absolute Gasteiger partial charge is 0.378 e. The van der Waals surface area contributed by atoms with Gasteiger partial charge in [0.05, 0.1) is 22.0 Å². The quantitative estimate of drug-likeness (QED) is 0.469. The molecule has 1 aliphatic rings. The summed E-state index contributed by atoms with van der Waals surface area (Å²) < 4.78 is 5.49. The highest BCUT2D eigenvalue weighted by atomic mass is 16.6. The predicted molar refractivity (Wildman–Crippen MR) is 75.0 cm³/mol. The van der Waals surface area contributed by atoms with Crippen molar-refractivity contribution in [1.82, 2.24) is 5.32 Å². The second-order valence-electron chi connectivity index (χ2n) is 4.93. The summed E-state index contributed by atoms with van der Waals surface area (Å²) >= 11 is 0. The molecule has 0 spiro atoms. The Bertz CT molecular complexity index is 529. The fraction of sp³-hybridized carbons (Fsp3) is 0.538. The van der Waals surface area contributed by atoms with Gasteiger partial charge < -0.3 is 10.1 Å². The number of benzene rings is 1. The third-order valence-corrected chi connectivity index (χ3v) is 3.46. The number of ether oxygens (including phenoxy) is 1. The van der Waals surface area contributed by atoms with Crippen molar-refractivity contribution in [2.45, 2.75) is 31.9 Å². The molecule has 0 amide bonds. The smallest absolute Gasteiger partial charge is 0.280 e. The zero-order valence-corrected chi connectivity index (χ0v) is 11.5. The topological polar surface area (TPSA) is 108 Å². The number of rotatable bonds is 7.